The summed E-state index contributed by atoms with van der Waals surface area (Å²) in [5.41, 5.74) is 2.61. The highest BCUT2D eigenvalue weighted by molar-refractivity contribution is 7.15. The van der Waals surface area contributed by atoms with Gasteiger partial charge in [0.05, 0.1) is 5.69 Å². The average molecular weight is 264 g/mol. The number of nitrogens with zero attached hydrogens (tertiary/aromatic N) is 1. The van der Waals surface area contributed by atoms with E-state index in [1.807, 2.05) is 11.3 Å². The summed E-state index contributed by atoms with van der Waals surface area (Å²) >= 11 is 3.62. The number of thiazole rings is 1. The predicted molar refractivity (Wildman–Crippen MR) is 74.8 cm³/mol. The summed E-state index contributed by atoms with van der Waals surface area (Å²) in [4.78, 5) is 6.28. The zero-order valence-electron chi connectivity index (χ0n) is 9.90. The Hall–Kier alpha value is -0.710. The molecule has 0 amide bonds. The molecule has 0 fully saturated rings. The van der Waals surface area contributed by atoms with Gasteiger partial charge >= 0.3 is 0 Å². The molecule has 3 rings (SSSR count). The van der Waals surface area contributed by atoms with E-state index in [-0.39, 0.29) is 0 Å². The number of rotatable bonds is 3. The first kappa shape index (κ1) is 11.4. The summed E-state index contributed by atoms with van der Waals surface area (Å²) in [5.74, 6) is 0. The average Bonchev–Trinajstić information content (AvgIpc) is 2.98. The first-order valence-electron chi connectivity index (χ1n) is 6.14. The molecule has 4 heteroatoms. The molecular formula is C13H16N2S2. The molecule has 0 bridgehead atoms. The minimum Gasteiger partial charge on any atom is -0.309 e. The fourth-order valence-corrected chi connectivity index (χ4v) is 4.30. The van der Waals surface area contributed by atoms with Crippen molar-refractivity contribution in [1.82, 2.24) is 10.3 Å². The molecule has 17 heavy (non-hydrogen) atoms. The van der Waals surface area contributed by atoms with Crippen LogP contribution in [0.2, 0.25) is 0 Å². The van der Waals surface area contributed by atoms with Crippen LogP contribution in [0.4, 0.5) is 0 Å². The molecular weight excluding hydrogens is 248 g/mol. The summed E-state index contributed by atoms with van der Waals surface area (Å²) in [6.07, 6.45) is 3.67. The van der Waals surface area contributed by atoms with Gasteiger partial charge in [0.2, 0.25) is 0 Å². The largest absolute Gasteiger partial charge is 0.309 e. The Morgan fingerprint density at radius 2 is 2.47 bits per heavy atom. The van der Waals surface area contributed by atoms with Crippen molar-refractivity contribution < 1.29 is 0 Å². The fourth-order valence-electron chi connectivity index (χ4n) is 2.37. The smallest absolute Gasteiger partial charge is 0.124 e. The lowest BCUT2D eigenvalue weighted by Gasteiger charge is -2.21. The number of aromatic nitrogens is 1. The number of hydrogen-bond acceptors (Lipinski definition) is 4. The third kappa shape index (κ3) is 2.17. The highest BCUT2D eigenvalue weighted by Crippen LogP contribution is 2.38. The van der Waals surface area contributed by atoms with Crippen molar-refractivity contribution in [2.75, 3.05) is 6.54 Å². The van der Waals surface area contributed by atoms with Crippen LogP contribution in [0.1, 0.15) is 36.4 Å². The van der Waals surface area contributed by atoms with Crippen molar-refractivity contribution in [2.24, 2.45) is 0 Å². The molecule has 90 valence electrons. The lowest BCUT2D eigenvalue weighted by Crippen LogP contribution is -2.23. The van der Waals surface area contributed by atoms with Gasteiger partial charge in [-0.1, -0.05) is 6.92 Å². The van der Waals surface area contributed by atoms with Gasteiger partial charge in [-0.05, 0) is 37.3 Å². The molecule has 1 N–H and O–H groups in total. The van der Waals surface area contributed by atoms with Gasteiger partial charge in [0.1, 0.15) is 5.01 Å². The highest BCUT2D eigenvalue weighted by atomic mass is 32.1. The Balaban J connectivity index is 1.96. The topological polar surface area (TPSA) is 24.9 Å². The van der Waals surface area contributed by atoms with Crippen LogP contribution >= 0.6 is 22.7 Å². The van der Waals surface area contributed by atoms with E-state index in [0.717, 1.165) is 13.0 Å². The number of fused-ring (bicyclic) bond motifs is 1. The van der Waals surface area contributed by atoms with Crippen molar-refractivity contribution in [3.8, 4) is 10.6 Å². The molecule has 2 aromatic heterocycles. The van der Waals surface area contributed by atoms with Crippen molar-refractivity contribution in [3.63, 3.8) is 0 Å². The second kappa shape index (κ2) is 4.88. The van der Waals surface area contributed by atoms with E-state index in [1.54, 1.807) is 11.3 Å². The highest BCUT2D eigenvalue weighted by Gasteiger charge is 2.24. The summed E-state index contributed by atoms with van der Waals surface area (Å²) in [6, 6.07) is 2.70. The maximum atomic E-state index is 4.81. The van der Waals surface area contributed by atoms with Crippen molar-refractivity contribution in [1.29, 1.82) is 0 Å². The maximum absolute atomic E-state index is 4.81. The Morgan fingerprint density at radius 3 is 3.24 bits per heavy atom. The molecule has 0 saturated carbocycles. The third-order valence-electron chi connectivity index (χ3n) is 3.17. The first-order chi connectivity index (χ1) is 8.38. The predicted octanol–water partition coefficient (Wildman–Crippen LogP) is 3.86. The second-order valence-electron chi connectivity index (χ2n) is 4.34. The Labute approximate surface area is 110 Å². The maximum Gasteiger partial charge on any atom is 0.124 e. The van der Waals surface area contributed by atoms with Crippen molar-refractivity contribution in [2.45, 2.75) is 32.2 Å². The lowest BCUT2D eigenvalue weighted by atomic mass is 9.98. The van der Waals surface area contributed by atoms with Gasteiger partial charge in [0, 0.05) is 21.9 Å². The Kier molecular flexibility index (Phi) is 3.27. The molecule has 2 heterocycles. The summed E-state index contributed by atoms with van der Waals surface area (Å²) in [7, 11) is 0. The SMILES string of the molecule is CCNC1CCCc2nc(-c3ccsc3)sc21. The van der Waals surface area contributed by atoms with E-state index >= 15 is 0 Å². The standard InChI is InChI=1S/C13H16N2S2/c1-2-14-10-4-3-5-11-12(10)17-13(15-11)9-6-7-16-8-9/h6-8,10,14H,2-5H2,1H3. The van der Waals surface area contributed by atoms with E-state index in [4.69, 9.17) is 4.98 Å². The molecule has 1 atom stereocenters. The fraction of sp³-hybridized carbons (Fsp3) is 0.462. The van der Waals surface area contributed by atoms with E-state index in [2.05, 4.69) is 29.1 Å². The Morgan fingerprint density at radius 1 is 1.53 bits per heavy atom. The van der Waals surface area contributed by atoms with Gasteiger partial charge in [0.15, 0.2) is 0 Å². The molecule has 0 spiro atoms. The molecule has 2 nitrogen and oxygen atoms in total. The molecule has 1 unspecified atom stereocenters. The van der Waals surface area contributed by atoms with E-state index in [1.165, 1.54) is 34.0 Å². The lowest BCUT2D eigenvalue weighted by molar-refractivity contribution is 0.476. The number of aryl methyl sites for hydroxylation is 1. The van der Waals surface area contributed by atoms with Gasteiger partial charge in [-0.2, -0.15) is 11.3 Å². The molecule has 0 saturated heterocycles. The second-order valence-corrected chi connectivity index (χ2v) is 6.16. The van der Waals surface area contributed by atoms with Gasteiger partial charge in [-0.3, -0.25) is 0 Å². The first-order valence-corrected chi connectivity index (χ1v) is 7.90. The summed E-state index contributed by atoms with van der Waals surface area (Å²) < 4.78 is 0. The van der Waals surface area contributed by atoms with Gasteiger partial charge in [0.25, 0.3) is 0 Å². The number of thiophene rings is 1. The zero-order chi connectivity index (χ0) is 11.7. The van der Waals surface area contributed by atoms with E-state index in [9.17, 15) is 0 Å². The molecule has 2 aromatic rings. The summed E-state index contributed by atoms with van der Waals surface area (Å²) in [5, 5.41) is 9.08. The van der Waals surface area contributed by atoms with Gasteiger partial charge in [-0.25, -0.2) is 4.98 Å². The van der Waals surface area contributed by atoms with Gasteiger partial charge in [-0.15, -0.1) is 11.3 Å². The van der Waals surface area contributed by atoms with Gasteiger partial charge < -0.3 is 5.32 Å². The third-order valence-corrected chi connectivity index (χ3v) is 5.11. The Bertz CT molecular complexity index is 487. The van der Waals surface area contributed by atoms with Crippen LogP contribution in [-0.2, 0) is 6.42 Å². The summed E-state index contributed by atoms with van der Waals surface area (Å²) in [6.45, 7) is 3.21. The number of hydrogen-bond donors (Lipinski definition) is 1. The molecule has 1 aliphatic rings. The quantitative estimate of drug-likeness (QED) is 0.910. The number of nitrogens with one attached hydrogen (secondary N) is 1. The zero-order valence-corrected chi connectivity index (χ0v) is 11.5. The van der Waals surface area contributed by atoms with Crippen LogP contribution in [0, 0.1) is 0 Å². The molecule has 0 aliphatic heterocycles. The minimum atomic E-state index is 0.536. The van der Waals surface area contributed by atoms with E-state index < -0.39 is 0 Å². The van der Waals surface area contributed by atoms with Crippen LogP contribution in [0.3, 0.4) is 0 Å². The van der Waals surface area contributed by atoms with Crippen molar-refractivity contribution in [3.05, 3.63) is 27.4 Å². The molecule has 1 aliphatic carbocycles. The van der Waals surface area contributed by atoms with Crippen LogP contribution in [-0.4, -0.2) is 11.5 Å². The van der Waals surface area contributed by atoms with Crippen LogP contribution < -0.4 is 5.32 Å². The van der Waals surface area contributed by atoms with E-state index in [0.29, 0.717) is 6.04 Å². The minimum absolute atomic E-state index is 0.536. The van der Waals surface area contributed by atoms with Crippen LogP contribution in [0.5, 0.6) is 0 Å². The monoisotopic (exact) mass is 264 g/mol. The van der Waals surface area contributed by atoms with Crippen molar-refractivity contribution >= 4 is 22.7 Å². The normalized spacial score (nSPS) is 19.2. The van der Waals surface area contributed by atoms with Crippen LogP contribution in [0.15, 0.2) is 16.8 Å². The van der Waals surface area contributed by atoms with Crippen LogP contribution in [0.25, 0.3) is 10.6 Å². The molecule has 0 aromatic carbocycles. The molecule has 0 radical (unpaired) electrons.